The fraction of sp³-hybridized carbons (Fsp3) is 0.519. The van der Waals surface area contributed by atoms with Crippen LogP contribution in [0.25, 0.3) is 11.0 Å². The van der Waals surface area contributed by atoms with Crippen LogP contribution in [0.2, 0.25) is 0 Å². The quantitative estimate of drug-likeness (QED) is 0.0586. The number of fused-ring (bicyclic) bond motifs is 3. The zero-order valence-corrected chi connectivity index (χ0v) is 42.3. The highest BCUT2D eigenvalue weighted by atomic mass is 32.2. The summed E-state index contributed by atoms with van der Waals surface area (Å²) in [6.45, 7) is 11.8. The molecule has 382 valence electrons. The molecule has 18 heteroatoms. The van der Waals surface area contributed by atoms with Gasteiger partial charge in [0.2, 0.25) is 0 Å². The van der Waals surface area contributed by atoms with E-state index in [1.165, 1.54) is 23.3 Å². The number of carbonyl (C=O) groups is 1. The summed E-state index contributed by atoms with van der Waals surface area (Å²) in [6.07, 6.45) is 9.65. The molecule has 3 atom stereocenters. The second-order valence-electron chi connectivity index (χ2n) is 21.9. The molecule has 0 bridgehead atoms. The van der Waals surface area contributed by atoms with Crippen LogP contribution < -0.4 is 25.2 Å². The van der Waals surface area contributed by atoms with E-state index in [4.69, 9.17) is 14.5 Å². The molecule has 5 aromatic rings. The number of piperidine rings is 1. The van der Waals surface area contributed by atoms with Gasteiger partial charge in [0, 0.05) is 62.2 Å². The molecule has 2 saturated carbocycles. The van der Waals surface area contributed by atoms with Gasteiger partial charge in [-0.1, -0.05) is 38.1 Å². The van der Waals surface area contributed by atoms with Crippen molar-refractivity contribution in [3.8, 4) is 0 Å². The number of amides is 1. The summed E-state index contributed by atoms with van der Waals surface area (Å²) in [7, 11) is -4.61. The first kappa shape index (κ1) is 48.5. The van der Waals surface area contributed by atoms with E-state index >= 15 is 0 Å². The van der Waals surface area contributed by atoms with Crippen LogP contribution in [0.4, 0.5) is 34.3 Å². The Morgan fingerprint density at radius 3 is 2.50 bits per heavy atom. The van der Waals surface area contributed by atoms with Gasteiger partial charge in [0.1, 0.15) is 11.3 Å². The van der Waals surface area contributed by atoms with Crippen molar-refractivity contribution in [2.24, 2.45) is 11.3 Å². The number of nitrogens with zero attached hydrogens (tertiary/aromatic N) is 5. The molecule has 5 N–H and O–H groups in total. The number of pyridine rings is 1. The largest absolute Gasteiger partial charge is 0.390 e. The molecule has 0 unspecified atom stereocenters. The van der Waals surface area contributed by atoms with Crippen molar-refractivity contribution in [3.05, 3.63) is 106 Å². The number of rotatable bonds is 12. The van der Waals surface area contributed by atoms with Crippen molar-refractivity contribution < 1.29 is 32.7 Å². The molecule has 3 saturated heterocycles. The summed E-state index contributed by atoms with van der Waals surface area (Å²) in [5.74, 6) is 0.393. The van der Waals surface area contributed by atoms with Gasteiger partial charge in [0.05, 0.1) is 70.3 Å². The molecule has 1 amide bonds. The molecule has 3 aromatic carbocycles. The van der Waals surface area contributed by atoms with Gasteiger partial charge >= 0.3 is 0 Å². The molecule has 2 aromatic heterocycles. The predicted molar refractivity (Wildman–Crippen MR) is 278 cm³/mol. The third-order valence-electron chi connectivity index (χ3n) is 16.8. The van der Waals surface area contributed by atoms with Crippen molar-refractivity contribution in [1.29, 1.82) is 0 Å². The number of nitrogens with one attached hydrogen (secondary N) is 4. The molecule has 17 nitrogen and oxygen atoms in total. The number of nitro groups is 1. The SMILES string of the molecule is CC(C)c1ccccc1[C@@H]1COCCN1C1CC2(CCN(c3ccc(C(=O)NS(=O)(=O)c4ccc(NC[C@H]5CC[C@](C)(O)CC5)c([N+](=O)[O-])c4)c(N4c5cc6cc[nH]c6nc5N[C@H]5COCC[C@@H]54)c3)CC2)C1. The minimum atomic E-state index is -4.61. The Morgan fingerprint density at radius 1 is 0.944 bits per heavy atom. The second-order valence-corrected chi connectivity index (χ2v) is 23.6. The zero-order chi connectivity index (χ0) is 49.9. The Morgan fingerprint density at radius 2 is 1.72 bits per heavy atom. The minimum absolute atomic E-state index is 0.142. The maximum atomic E-state index is 14.7. The van der Waals surface area contributed by atoms with E-state index < -0.39 is 37.0 Å². The average Bonchev–Trinajstić information content (AvgIpc) is 3.83. The fourth-order valence-corrected chi connectivity index (χ4v) is 13.6. The summed E-state index contributed by atoms with van der Waals surface area (Å²) in [5, 5.41) is 30.4. The third kappa shape index (κ3) is 9.40. The monoisotopic (exact) mass is 1000 g/mol. The van der Waals surface area contributed by atoms with Gasteiger partial charge in [-0.15, -0.1) is 0 Å². The van der Waals surface area contributed by atoms with E-state index in [2.05, 4.69) is 73.2 Å². The highest BCUT2D eigenvalue weighted by molar-refractivity contribution is 7.90. The smallest absolute Gasteiger partial charge is 0.293 e. The average molecular weight is 1000 g/mol. The van der Waals surface area contributed by atoms with E-state index in [1.807, 2.05) is 37.4 Å². The van der Waals surface area contributed by atoms with Gasteiger partial charge in [-0.2, -0.15) is 0 Å². The van der Waals surface area contributed by atoms with E-state index in [1.54, 1.807) is 6.07 Å². The lowest BCUT2D eigenvalue weighted by Crippen LogP contribution is -2.58. The summed E-state index contributed by atoms with van der Waals surface area (Å²) in [4.78, 5) is 41.5. The van der Waals surface area contributed by atoms with E-state index in [-0.39, 0.29) is 40.7 Å². The molecule has 2 aliphatic carbocycles. The maximum absolute atomic E-state index is 14.7. The van der Waals surface area contributed by atoms with Crippen molar-refractivity contribution in [3.63, 3.8) is 0 Å². The number of H-pyrrole nitrogens is 1. The lowest BCUT2D eigenvalue weighted by molar-refractivity contribution is -0.384. The summed E-state index contributed by atoms with van der Waals surface area (Å²) in [6, 6.07) is 22.5. The summed E-state index contributed by atoms with van der Waals surface area (Å²) >= 11 is 0. The molecular formula is C54H67N9O8S. The standard InChI is InChI=1S/C54H67N9O8S/c1-34(2)40-6-4-5-7-41(40)49-33-71-25-23-61(49)38-29-54(30-38)18-21-60(22-19-54)37-8-10-42(46(27-37)62-45-15-24-70-32-44(45)57-51-48(62)26-36-14-20-55-50(36)58-51)52(64)59-72(68,69)39-9-11-43(47(28-39)63(66)67)56-31-35-12-16-53(3,65)17-13-35/h4-11,14,20,26-28,34-35,38,44-45,49,56,65H,12-13,15-19,21-25,29-33H2,1-3H3,(H,59,64)(H2,55,57,58)/t35-,44-,45-,49-,53-/m0/s1. The number of benzene rings is 3. The zero-order valence-electron chi connectivity index (χ0n) is 41.4. The molecule has 4 aliphatic heterocycles. The van der Waals surface area contributed by atoms with Gasteiger partial charge in [-0.3, -0.25) is 19.8 Å². The van der Waals surface area contributed by atoms with Crippen LogP contribution in [0.15, 0.2) is 83.9 Å². The van der Waals surface area contributed by atoms with E-state index in [0.29, 0.717) is 74.7 Å². The van der Waals surface area contributed by atoms with Crippen molar-refractivity contribution in [2.75, 3.05) is 73.0 Å². The van der Waals surface area contributed by atoms with Crippen molar-refractivity contribution >= 4 is 61.2 Å². The second kappa shape index (κ2) is 19.2. The fourth-order valence-electron chi connectivity index (χ4n) is 12.7. The number of hydrogen-bond donors (Lipinski definition) is 5. The summed E-state index contributed by atoms with van der Waals surface area (Å²) < 4.78 is 42.8. The maximum Gasteiger partial charge on any atom is 0.293 e. The number of nitro benzene ring substituents is 1. The van der Waals surface area contributed by atoms with Gasteiger partial charge in [-0.25, -0.2) is 18.1 Å². The predicted octanol–water partition coefficient (Wildman–Crippen LogP) is 8.61. The molecule has 6 heterocycles. The Labute approximate surface area is 421 Å². The number of carbonyl (C=O) groups excluding carboxylic acids is 1. The molecule has 5 fully saturated rings. The van der Waals surface area contributed by atoms with E-state index in [9.17, 15) is 28.4 Å². The van der Waals surface area contributed by atoms with Crippen LogP contribution >= 0.6 is 0 Å². The van der Waals surface area contributed by atoms with Crippen LogP contribution in [0.1, 0.15) is 112 Å². The third-order valence-corrected chi connectivity index (χ3v) is 18.2. The van der Waals surface area contributed by atoms with Gasteiger partial charge in [-0.05, 0) is 136 Å². The number of aromatic amines is 1. The number of hydrogen-bond acceptors (Lipinski definition) is 14. The van der Waals surface area contributed by atoms with Gasteiger partial charge in [0.15, 0.2) is 5.82 Å². The van der Waals surface area contributed by atoms with Gasteiger partial charge in [0.25, 0.3) is 21.6 Å². The number of anilines is 5. The molecule has 0 radical (unpaired) electrons. The first-order chi connectivity index (χ1) is 34.6. The topological polar surface area (TPSA) is 208 Å². The Balaban J connectivity index is 0.864. The van der Waals surface area contributed by atoms with Crippen LogP contribution in [0, 0.1) is 21.4 Å². The van der Waals surface area contributed by atoms with Crippen LogP contribution in [0.3, 0.4) is 0 Å². The van der Waals surface area contributed by atoms with Gasteiger partial charge < -0.3 is 40.0 Å². The number of ether oxygens (including phenoxy) is 2. The first-order valence-corrected chi connectivity index (χ1v) is 27.4. The Hall–Kier alpha value is -5.79. The lowest BCUT2D eigenvalue weighted by Gasteiger charge is -2.57. The molecule has 6 aliphatic rings. The Kier molecular flexibility index (Phi) is 13.0. The van der Waals surface area contributed by atoms with Crippen LogP contribution in [-0.2, 0) is 19.5 Å². The molecule has 1 spiro atoms. The normalized spacial score (nSPS) is 25.6. The number of morpholine rings is 1. The molecular weight excluding hydrogens is 935 g/mol. The Bertz CT molecular complexity index is 2950. The highest BCUT2D eigenvalue weighted by Crippen LogP contribution is 2.54. The number of aromatic nitrogens is 2. The van der Waals surface area contributed by atoms with Crippen molar-refractivity contribution in [1.82, 2.24) is 19.6 Å². The molecule has 72 heavy (non-hydrogen) atoms. The van der Waals surface area contributed by atoms with Crippen molar-refractivity contribution in [2.45, 2.75) is 119 Å². The number of sulfonamides is 1. The minimum Gasteiger partial charge on any atom is -0.390 e. The lowest BCUT2D eigenvalue weighted by atomic mass is 9.59. The highest BCUT2D eigenvalue weighted by Gasteiger charge is 2.50. The van der Waals surface area contributed by atoms with E-state index in [0.717, 1.165) is 87.6 Å². The number of aliphatic hydroxyl groups is 1. The van der Waals surface area contributed by atoms with Crippen LogP contribution in [0.5, 0.6) is 0 Å². The first-order valence-electron chi connectivity index (χ1n) is 25.9. The summed E-state index contributed by atoms with van der Waals surface area (Å²) in [5.41, 5.74) is 5.16. The van der Waals surface area contributed by atoms with Crippen LogP contribution in [-0.4, -0.2) is 116 Å². The molecule has 11 rings (SSSR count).